The molecule has 1 aromatic rings. The van der Waals surface area contributed by atoms with Crippen LogP contribution in [0.5, 0.6) is 0 Å². The summed E-state index contributed by atoms with van der Waals surface area (Å²) in [6.07, 6.45) is 0.372. The van der Waals surface area contributed by atoms with Gasteiger partial charge in [-0.2, -0.15) is 4.98 Å². The first-order valence-corrected chi connectivity index (χ1v) is 5.24. The van der Waals surface area contributed by atoms with E-state index < -0.39 is 0 Å². The van der Waals surface area contributed by atoms with Crippen molar-refractivity contribution < 1.29 is 14.1 Å². The molecule has 1 heterocycles. The number of rotatable bonds is 6. The molecule has 0 aromatic carbocycles. The van der Waals surface area contributed by atoms with Crippen LogP contribution in [0.2, 0.25) is 0 Å². The number of esters is 1. The van der Waals surface area contributed by atoms with Crippen LogP contribution in [0.25, 0.3) is 0 Å². The molecule has 0 spiro atoms. The van der Waals surface area contributed by atoms with Crippen LogP contribution in [0.4, 0.5) is 0 Å². The van der Waals surface area contributed by atoms with Crippen LogP contribution in [0.3, 0.4) is 0 Å². The van der Waals surface area contributed by atoms with Crippen LogP contribution < -0.4 is 0 Å². The zero-order valence-corrected chi connectivity index (χ0v) is 9.89. The quantitative estimate of drug-likeness (QED) is 0.668. The van der Waals surface area contributed by atoms with Gasteiger partial charge in [0.25, 0.3) is 0 Å². The van der Waals surface area contributed by atoms with Crippen molar-refractivity contribution >= 4 is 5.97 Å². The minimum Gasteiger partial charge on any atom is -0.469 e. The van der Waals surface area contributed by atoms with E-state index in [1.807, 2.05) is 11.8 Å². The smallest absolute Gasteiger partial charge is 0.306 e. The van der Waals surface area contributed by atoms with E-state index in [1.165, 1.54) is 7.11 Å². The first-order valence-electron chi connectivity index (χ1n) is 5.24. The summed E-state index contributed by atoms with van der Waals surface area (Å²) in [6, 6.07) is 0. The van der Waals surface area contributed by atoms with Gasteiger partial charge in [-0.15, -0.1) is 0 Å². The standard InChI is InChI=1S/C10H17N3O3/c1-4-13(6-5-10(14)15-3)7-9-11-8(2)12-16-9/h4-7H2,1-3H3. The molecule has 6 nitrogen and oxygen atoms in total. The molecule has 0 aliphatic heterocycles. The van der Waals surface area contributed by atoms with Gasteiger partial charge in [0.15, 0.2) is 5.82 Å². The zero-order chi connectivity index (χ0) is 12.0. The number of aryl methyl sites for hydroxylation is 1. The van der Waals surface area contributed by atoms with Crippen molar-refractivity contribution in [1.82, 2.24) is 15.0 Å². The van der Waals surface area contributed by atoms with E-state index >= 15 is 0 Å². The highest BCUT2D eigenvalue weighted by Crippen LogP contribution is 2.03. The average Bonchev–Trinajstić information content (AvgIpc) is 2.69. The van der Waals surface area contributed by atoms with Gasteiger partial charge in [0.1, 0.15) is 0 Å². The maximum absolute atomic E-state index is 11.0. The van der Waals surface area contributed by atoms with E-state index in [2.05, 4.69) is 14.9 Å². The van der Waals surface area contributed by atoms with E-state index in [9.17, 15) is 4.79 Å². The third-order valence-corrected chi connectivity index (χ3v) is 2.24. The predicted octanol–water partition coefficient (Wildman–Crippen LogP) is 0.763. The molecule has 1 rings (SSSR count). The Labute approximate surface area is 94.6 Å². The average molecular weight is 227 g/mol. The molecule has 0 saturated heterocycles. The Morgan fingerprint density at radius 3 is 2.81 bits per heavy atom. The first kappa shape index (κ1) is 12.6. The van der Waals surface area contributed by atoms with Crippen molar-refractivity contribution in [2.45, 2.75) is 26.8 Å². The summed E-state index contributed by atoms with van der Waals surface area (Å²) in [6.45, 7) is 5.80. The van der Waals surface area contributed by atoms with E-state index in [4.69, 9.17) is 4.52 Å². The van der Waals surface area contributed by atoms with E-state index in [0.29, 0.717) is 31.2 Å². The Hall–Kier alpha value is -1.43. The minimum atomic E-state index is -0.208. The normalized spacial score (nSPS) is 10.8. The molecule has 0 unspecified atom stereocenters. The van der Waals surface area contributed by atoms with Crippen LogP contribution in [0.15, 0.2) is 4.52 Å². The lowest BCUT2D eigenvalue weighted by Crippen LogP contribution is -2.26. The minimum absolute atomic E-state index is 0.208. The lowest BCUT2D eigenvalue weighted by atomic mass is 10.3. The Bertz CT molecular complexity index is 338. The fraction of sp³-hybridized carbons (Fsp3) is 0.700. The third kappa shape index (κ3) is 3.98. The van der Waals surface area contributed by atoms with Gasteiger partial charge >= 0.3 is 5.97 Å². The molecule has 0 radical (unpaired) electrons. The topological polar surface area (TPSA) is 68.5 Å². The van der Waals surface area contributed by atoms with Crippen molar-refractivity contribution in [3.05, 3.63) is 11.7 Å². The van der Waals surface area contributed by atoms with Crippen molar-refractivity contribution in [1.29, 1.82) is 0 Å². The highest BCUT2D eigenvalue weighted by molar-refractivity contribution is 5.69. The predicted molar refractivity (Wildman–Crippen MR) is 56.6 cm³/mol. The fourth-order valence-electron chi connectivity index (χ4n) is 1.30. The lowest BCUT2D eigenvalue weighted by molar-refractivity contribution is -0.141. The molecule has 0 aliphatic rings. The van der Waals surface area contributed by atoms with Crippen molar-refractivity contribution in [2.24, 2.45) is 0 Å². The molecule has 0 fully saturated rings. The number of hydrogen-bond donors (Lipinski definition) is 0. The van der Waals surface area contributed by atoms with Crippen LogP contribution in [0.1, 0.15) is 25.1 Å². The van der Waals surface area contributed by atoms with Crippen molar-refractivity contribution in [3.63, 3.8) is 0 Å². The summed E-state index contributed by atoms with van der Waals surface area (Å²) in [4.78, 5) is 17.1. The summed E-state index contributed by atoms with van der Waals surface area (Å²) in [5, 5.41) is 3.71. The van der Waals surface area contributed by atoms with Gasteiger partial charge < -0.3 is 9.26 Å². The molecular formula is C10H17N3O3. The molecule has 1 aromatic heterocycles. The van der Waals surface area contributed by atoms with Crippen LogP contribution >= 0.6 is 0 Å². The summed E-state index contributed by atoms with van der Waals surface area (Å²) in [5.41, 5.74) is 0. The lowest BCUT2D eigenvalue weighted by Gasteiger charge is -2.16. The van der Waals surface area contributed by atoms with Gasteiger partial charge in [-0.3, -0.25) is 9.69 Å². The van der Waals surface area contributed by atoms with Gasteiger partial charge in [-0.05, 0) is 13.5 Å². The number of hydrogen-bond acceptors (Lipinski definition) is 6. The number of nitrogens with zero attached hydrogens (tertiary/aromatic N) is 3. The largest absolute Gasteiger partial charge is 0.469 e. The highest BCUT2D eigenvalue weighted by Gasteiger charge is 2.11. The van der Waals surface area contributed by atoms with Crippen molar-refractivity contribution in [3.8, 4) is 0 Å². The Kier molecular flexibility index (Phi) is 4.91. The Balaban J connectivity index is 2.40. The second kappa shape index (κ2) is 6.22. The molecule has 90 valence electrons. The van der Waals surface area contributed by atoms with Crippen molar-refractivity contribution in [2.75, 3.05) is 20.2 Å². The second-order valence-electron chi connectivity index (χ2n) is 3.43. The summed E-state index contributed by atoms with van der Waals surface area (Å²) in [7, 11) is 1.39. The van der Waals surface area contributed by atoms with Gasteiger partial charge in [0.2, 0.25) is 5.89 Å². The molecule has 0 aliphatic carbocycles. The number of ether oxygens (including phenoxy) is 1. The third-order valence-electron chi connectivity index (χ3n) is 2.24. The maximum atomic E-state index is 11.0. The number of aromatic nitrogens is 2. The van der Waals surface area contributed by atoms with E-state index in [0.717, 1.165) is 6.54 Å². The molecule has 0 atom stereocenters. The fourth-order valence-corrected chi connectivity index (χ4v) is 1.30. The molecule has 0 bridgehead atoms. The second-order valence-corrected chi connectivity index (χ2v) is 3.43. The molecule has 6 heteroatoms. The van der Waals surface area contributed by atoms with E-state index in [-0.39, 0.29) is 5.97 Å². The molecular weight excluding hydrogens is 210 g/mol. The Morgan fingerprint density at radius 1 is 1.56 bits per heavy atom. The highest BCUT2D eigenvalue weighted by atomic mass is 16.5. The molecule has 0 amide bonds. The van der Waals surface area contributed by atoms with Crippen LogP contribution in [-0.4, -0.2) is 41.2 Å². The zero-order valence-electron chi connectivity index (χ0n) is 9.89. The van der Waals surface area contributed by atoms with Gasteiger partial charge in [0, 0.05) is 6.54 Å². The SMILES string of the molecule is CCN(CCC(=O)OC)Cc1nc(C)no1. The molecule has 0 N–H and O–H groups in total. The summed E-state index contributed by atoms with van der Waals surface area (Å²) in [5.74, 6) is 0.989. The number of methoxy groups -OCH3 is 1. The first-order chi connectivity index (χ1) is 7.65. The summed E-state index contributed by atoms with van der Waals surface area (Å²) < 4.78 is 9.59. The van der Waals surface area contributed by atoms with Gasteiger partial charge in [0.05, 0.1) is 20.1 Å². The van der Waals surface area contributed by atoms with Crippen LogP contribution in [0, 0.1) is 6.92 Å². The molecule has 0 saturated carbocycles. The number of carbonyl (C=O) groups excluding carboxylic acids is 1. The number of carbonyl (C=O) groups is 1. The summed E-state index contributed by atoms with van der Waals surface area (Å²) >= 11 is 0. The Morgan fingerprint density at radius 2 is 2.31 bits per heavy atom. The molecule has 16 heavy (non-hydrogen) atoms. The monoisotopic (exact) mass is 227 g/mol. The van der Waals surface area contributed by atoms with E-state index in [1.54, 1.807) is 6.92 Å². The maximum Gasteiger partial charge on any atom is 0.306 e. The van der Waals surface area contributed by atoms with Crippen LogP contribution in [-0.2, 0) is 16.1 Å². The van der Waals surface area contributed by atoms with Gasteiger partial charge in [-0.25, -0.2) is 0 Å². The van der Waals surface area contributed by atoms with Gasteiger partial charge in [-0.1, -0.05) is 12.1 Å².